The first kappa shape index (κ1) is 11.2. The zero-order chi connectivity index (χ0) is 11.4. The minimum atomic E-state index is -1.40. The van der Waals surface area contributed by atoms with Gasteiger partial charge in [-0.1, -0.05) is 6.08 Å². The molecule has 0 aliphatic heterocycles. The van der Waals surface area contributed by atoms with E-state index in [0.717, 1.165) is 6.26 Å². The van der Waals surface area contributed by atoms with Crippen LogP contribution in [0.2, 0.25) is 0 Å². The predicted molar refractivity (Wildman–Crippen MR) is 48.8 cm³/mol. The zero-order valence-corrected chi connectivity index (χ0v) is 7.83. The fraction of sp³-hybridized carbons (Fsp3) is 0.100. The maximum Gasteiger partial charge on any atom is 0.335 e. The SMILES string of the molecule is C/C=C\Oc1c(F)cc(C(=O)O)cc1F. The molecule has 0 saturated carbocycles. The maximum atomic E-state index is 13.1. The number of aromatic carboxylic acids is 1. The Morgan fingerprint density at radius 3 is 2.33 bits per heavy atom. The van der Waals surface area contributed by atoms with E-state index in [1.54, 1.807) is 6.92 Å². The van der Waals surface area contributed by atoms with Gasteiger partial charge in [0.05, 0.1) is 11.8 Å². The Kier molecular flexibility index (Phi) is 3.38. The lowest BCUT2D eigenvalue weighted by Crippen LogP contribution is -2.00. The topological polar surface area (TPSA) is 46.5 Å². The summed E-state index contributed by atoms with van der Waals surface area (Å²) < 4.78 is 30.9. The van der Waals surface area contributed by atoms with Crippen molar-refractivity contribution in [3.63, 3.8) is 0 Å². The van der Waals surface area contributed by atoms with Crippen molar-refractivity contribution in [2.45, 2.75) is 6.92 Å². The van der Waals surface area contributed by atoms with Crippen LogP contribution in [-0.4, -0.2) is 11.1 Å². The van der Waals surface area contributed by atoms with Crippen molar-refractivity contribution in [1.82, 2.24) is 0 Å². The highest BCUT2D eigenvalue weighted by atomic mass is 19.1. The average Bonchev–Trinajstić information content (AvgIpc) is 2.16. The smallest absolute Gasteiger partial charge is 0.335 e. The van der Waals surface area contributed by atoms with Crippen LogP contribution in [0, 0.1) is 11.6 Å². The first-order chi connectivity index (χ1) is 7.06. The third-order valence-electron chi connectivity index (χ3n) is 1.57. The van der Waals surface area contributed by atoms with Crippen LogP contribution in [0.5, 0.6) is 5.75 Å². The Morgan fingerprint density at radius 1 is 1.40 bits per heavy atom. The summed E-state index contributed by atoms with van der Waals surface area (Å²) in [6.07, 6.45) is 2.55. The molecule has 1 aromatic carbocycles. The molecule has 5 heteroatoms. The van der Waals surface area contributed by atoms with E-state index in [2.05, 4.69) is 4.74 Å². The molecule has 15 heavy (non-hydrogen) atoms. The second-order valence-electron chi connectivity index (χ2n) is 2.66. The Morgan fingerprint density at radius 2 is 1.93 bits per heavy atom. The summed E-state index contributed by atoms with van der Waals surface area (Å²) in [7, 11) is 0. The summed E-state index contributed by atoms with van der Waals surface area (Å²) >= 11 is 0. The van der Waals surface area contributed by atoms with Gasteiger partial charge in [-0.3, -0.25) is 0 Å². The van der Waals surface area contributed by atoms with Gasteiger partial charge in [-0.15, -0.1) is 0 Å². The average molecular weight is 214 g/mol. The second kappa shape index (κ2) is 4.54. The number of benzene rings is 1. The molecule has 0 aliphatic carbocycles. The number of hydrogen-bond donors (Lipinski definition) is 1. The third-order valence-corrected chi connectivity index (χ3v) is 1.57. The Bertz CT molecular complexity index is 390. The molecule has 1 N–H and O–H groups in total. The van der Waals surface area contributed by atoms with Crippen LogP contribution in [0.15, 0.2) is 24.5 Å². The summed E-state index contributed by atoms with van der Waals surface area (Å²) in [6, 6.07) is 1.40. The Hall–Kier alpha value is -1.91. The highest BCUT2D eigenvalue weighted by Gasteiger charge is 2.15. The van der Waals surface area contributed by atoms with Gasteiger partial charge < -0.3 is 9.84 Å². The van der Waals surface area contributed by atoms with Crippen LogP contribution in [-0.2, 0) is 0 Å². The summed E-state index contributed by atoms with van der Waals surface area (Å²) in [5, 5.41) is 8.51. The number of hydrogen-bond acceptors (Lipinski definition) is 2. The van der Waals surface area contributed by atoms with Crippen molar-refractivity contribution in [2.75, 3.05) is 0 Å². The fourth-order valence-electron chi connectivity index (χ4n) is 0.932. The van der Waals surface area contributed by atoms with E-state index in [1.165, 1.54) is 6.08 Å². The largest absolute Gasteiger partial charge is 0.478 e. The van der Waals surface area contributed by atoms with Gasteiger partial charge in [0.2, 0.25) is 0 Å². The fourth-order valence-corrected chi connectivity index (χ4v) is 0.932. The van der Waals surface area contributed by atoms with Gasteiger partial charge in [0.1, 0.15) is 0 Å². The van der Waals surface area contributed by atoms with E-state index >= 15 is 0 Å². The second-order valence-corrected chi connectivity index (χ2v) is 2.66. The number of ether oxygens (including phenoxy) is 1. The van der Waals surface area contributed by atoms with Gasteiger partial charge >= 0.3 is 5.97 Å². The van der Waals surface area contributed by atoms with Crippen molar-refractivity contribution in [3.05, 3.63) is 41.7 Å². The van der Waals surface area contributed by atoms with Crippen LogP contribution in [0.25, 0.3) is 0 Å². The Labute approximate surface area is 84.6 Å². The number of carboxylic acids is 1. The van der Waals surface area contributed by atoms with Gasteiger partial charge in [0.25, 0.3) is 0 Å². The molecule has 3 nitrogen and oxygen atoms in total. The van der Waals surface area contributed by atoms with Crippen LogP contribution < -0.4 is 4.74 Å². The van der Waals surface area contributed by atoms with Crippen LogP contribution in [0.3, 0.4) is 0 Å². The van der Waals surface area contributed by atoms with Gasteiger partial charge in [-0.05, 0) is 19.1 Å². The number of rotatable bonds is 3. The van der Waals surface area contributed by atoms with E-state index in [0.29, 0.717) is 12.1 Å². The van der Waals surface area contributed by atoms with E-state index < -0.39 is 28.9 Å². The van der Waals surface area contributed by atoms with Crippen molar-refractivity contribution in [2.24, 2.45) is 0 Å². The van der Waals surface area contributed by atoms with Gasteiger partial charge in [-0.2, -0.15) is 0 Å². The van der Waals surface area contributed by atoms with E-state index in [9.17, 15) is 13.6 Å². The molecule has 80 valence electrons. The predicted octanol–water partition coefficient (Wildman–Crippen LogP) is 2.58. The zero-order valence-electron chi connectivity index (χ0n) is 7.83. The minimum absolute atomic E-state index is 0.460. The van der Waals surface area contributed by atoms with Crippen molar-refractivity contribution in [3.8, 4) is 5.75 Å². The summed E-state index contributed by atoms with van der Waals surface area (Å²) in [5.74, 6) is -4.11. The lowest BCUT2D eigenvalue weighted by atomic mass is 10.2. The van der Waals surface area contributed by atoms with Gasteiger partial charge in [0, 0.05) is 0 Å². The highest BCUT2D eigenvalue weighted by molar-refractivity contribution is 5.87. The third kappa shape index (κ3) is 2.52. The monoisotopic (exact) mass is 214 g/mol. The quantitative estimate of drug-likeness (QED) is 0.786. The normalized spacial score (nSPS) is 10.6. The lowest BCUT2D eigenvalue weighted by Gasteiger charge is -2.04. The van der Waals surface area contributed by atoms with Gasteiger partial charge in [0.15, 0.2) is 17.4 Å². The molecule has 0 bridgehead atoms. The molecule has 0 fully saturated rings. The first-order valence-corrected chi connectivity index (χ1v) is 4.06. The molecule has 0 aliphatic rings. The molecule has 0 radical (unpaired) electrons. The number of halogens is 2. The molecule has 0 saturated heterocycles. The first-order valence-electron chi connectivity index (χ1n) is 4.06. The van der Waals surface area contributed by atoms with Crippen LogP contribution >= 0.6 is 0 Å². The van der Waals surface area contributed by atoms with Crippen molar-refractivity contribution in [1.29, 1.82) is 0 Å². The van der Waals surface area contributed by atoms with Crippen molar-refractivity contribution < 1.29 is 23.4 Å². The molecule has 0 atom stereocenters. The van der Waals surface area contributed by atoms with Gasteiger partial charge in [-0.25, -0.2) is 13.6 Å². The van der Waals surface area contributed by atoms with Crippen molar-refractivity contribution >= 4 is 5.97 Å². The summed E-state index contributed by atoms with van der Waals surface area (Å²) in [6.45, 7) is 1.61. The highest BCUT2D eigenvalue weighted by Crippen LogP contribution is 2.23. The summed E-state index contributed by atoms with van der Waals surface area (Å²) in [4.78, 5) is 10.4. The molecule has 0 aromatic heterocycles. The standard InChI is InChI=1S/C10H8F2O3/c1-2-3-15-9-7(11)4-6(10(13)14)5-8(9)12/h2-5H,1H3,(H,13,14)/b3-2-. The minimum Gasteiger partial charge on any atom is -0.478 e. The molecule has 1 aromatic rings. The van der Waals surface area contributed by atoms with Crippen LogP contribution in [0.4, 0.5) is 8.78 Å². The van der Waals surface area contributed by atoms with E-state index in [1.807, 2.05) is 0 Å². The molecule has 0 spiro atoms. The Balaban J connectivity index is 3.15. The lowest BCUT2D eigenvalue weighted by molar-refractivity contribution is 0.0695. The number of carbonyl (C=O) groups is 1. The van der Waals surface area contributed by atoms with E-state index in [-0.39, 0.29) is 0 Å². The maximum absolute atomic E-state index is 13.1. The van der Waals surface area contributed by atoms with Crippen LogP contribution in [0.1, 0.15) is 17.3 Å². The van der Waals surface area contributed by atoms with E-state index in [4.69, 9.17) is 5.11 Å². The number of carboxylic acid groups (broad SMARTS) is 1. The molecular weight excluding hydrogens is 206 g/mol. The summed E-state index contributed by atoms with van der Waals surface area (Å²) in [5.41, 5.74) is -0.460. The molecule has 0 unspecified atom stereocenters. The molecule has 0 heterocycles. The molecule has 0 amide bonds. The molecule has 1 rings (SSSR count). The number of allylic oxidation sites excluding steroid dienone is 1. The molecular formula is C10H8F2O3.